The van der Waals surface area contributed by atoms with Crippen LogP contribution in [0.3, 0.4) is 0 Å². The monoisotopic (exact) mass is 542 g/mol. The van der Waals surface area contributed by atoms with Crippen molar-refractivity contribution in [1.82, 2.24) is 0 Å². The van der Waals surface area contributed by atoms with Crippen molar-refractivity contribution in [3.63, 3.8) is 0 Å². The zero-order valence-electron chi connectivity index (χ0n) is 23.7. The Labute approximate surface area is 230 Å². The van der Waals surface area contributed by atoms with E-state index < -0.39 is 23.1 Å². The van der Waals surface area contributed by atoms with E-state index in [0.29, 0.717) is 12.8 Å². The molecule has 216 valence electrons. The highest BCUT2D eigenvalue weighted by Crippen LogP contribution is 2.36. The lowest BCUT2D eigenvalue weighted by atomic mass is 9.88. The summed E-state index contributed by atoms with van der Waals surface area (Å²) < 4.78 is -1.67. The Morgan fingerprint density at radius 2 is 0.865 bits per heavy atom. The van der Waals surface area contributed by atoms with Crippen LogP contribution >= 0.6 is 11.8 Å². The number of aliphatic carboxylic acids is 2. The van der Waals surface area contributed by atoms with Gasteiger partial charge >= 0.3 is 11.9 Å². The molecule has 0 amide bonds. The molecule has 6 nitrogen and oxygen atoms in total. The van der Waals surface area contributed by atoms with Gasteiger partial charge in [0.25, 0.3) is 0 Å². The van der Waals surface area contributed by atoms with Crippen molar-refractivity contribution in [3.8, 4) is 0 Å². The normalized spacial score (nSPS) is 11.5. The molecule has 37 heavy (non-hydrogen) atoms. The van der Waals surface area contributed by atoms with E-state index >= 15 is 0 Å². The van der Waals surface area contributed by atoms with Crippen molar-refractivity contribution in [2.24, 2.45) is 0 Å². The van der Waals surface area contributed by atoms with E-state index in [1.54, 1.807) is 0 Å². The summed E-state index contributed by atoms with van der Waals surface area (Å²) in [5.74, 6) is -2.84. The van der Waals surface area contributed by atoms with E-state index in [9.17, 15) is 24.3 Å². The van der Waals surface area contributed by atoms with Gasteiger partial charge < -0.3 is 10.2 Å². The first kappa shape index (κ1) is 35.6. The minimum atomic E-state index is -1.67. The Morgan fingerprint density at radius 3 is 1.19 bits per heavy atom. The first-order valence-electron chi connectivity index (χ1n) is 14.9. The summed E-state index contributed by atoms with van der Waals surface area (Å²) >= 11 is 0.940. The summed E-state index contributed by atoms with van der Waals surface area (Å²) in [4.78, 5) is 49.5. The molecule has 2 N–H and O–H groups in total. The number of ketones is 2. The number of carboxylic acid groups (broad SMARTS) is 2. The van der Waals surface area contributed by atoms with Gasteiger partial charge in [-0.2, -0.15) is 0 Å². The van der Waals surface area contributed by atoms with Gasteiger partial charge in [0.1, 0.15) is 4.75 Å². The second kappa shape index (κ2) is 23.7. The van der Waals surface area contributed by atoms with Crippen LogP contribution in [-0.4, -0.2) is 44.2 Å². The van der Waals surface area contributed by atoms with Crippen LogP contribution in [0.1, 0.15) is 155 Å². The van der Waals surface area contributed by atoms with Crippen LogP contribution in [0.15, 0.2) is 0 Å². The molecule has 0 aliphatic carbocycles. The van der Waals surface area contributed by atoms with Crippen molar-refractivity contribution >= 4 is 35.3 Å². The topological polar surface area (TPSA) is 109 Å². The van der Waals surface area contributed by atoms with E-state index in [1.807, 2.05) is 0 Å². The van der Waals surface area contributed by atoms with Crippen LogP contribution in [0.2, 0.25) is 0 Å². The summed E-state index contributed by atoms with van der Waals surface area (Å²) in [5.41, 5.74) is 0. The van der Waals surface area contributed by atoms with E-state index in [0.717, 1.165) is 50.3 Å². The lowest BCUT2D eigenvalue weighted by Crippen LogP contribution is -2.46. The quantitative estimate of drug-likeness (QED) is 0.0754. The van der Waals surface area contributed by atoms with Gasteiger partial charge in [-0.1, -0.05) is 117 Å². The van der Waals surface area contributed by atoms with E-state index in [4.69, 9.17) is 5.11 Å². The maximum Gasteiger partial charge on any atom is 0.305 e. The van der Waals surface area contributed by atoms with Crippen molar-refractivity contribution < 1.29 is 29.4 Å². The minimum absolute atomic E-state index is 0.0512. The molecule has 0 aromatic rings. The maximum absolute atomic E-state index is 13.3. The highest BCUT2D eigenvalue weighted by Gasteiger charge is 2.46. The zero-order chi connectivity index (χ0) is 27.8. The molecule has 0 radical (unpaired) electrons. The van der Waals surface area contributed by atoms with Gasteiger partial charge in [-0.05, 0) is 12.8 Å². The van der Waals surface area contributed by atoms with Crippen LogP contribution in [0, 0.1) is 0 Å². The van der Waals surface area contributed by atoms with Crippen molar-refractivity contribution in [3.05, 3.63) is 0 Å². The van der Waals surface area contributed by atoms with Gasteiger partial charge in [-0.15, -0.1) is 11.8 Å². The Morgan fingerprint density at radius 1 is 0.514 bits per heavy atom. The summed E-state index contributed by atoms with van der Waals surface area (Å²) in [5, 5.41) is 18.6. The second-order valence-electron chi connectivity index (χ2n) is 10.4. The number of carbonyl (C=O) groups excluding carboxylic acids is 2. The molecule has 0 fully saturated rings. The Balaban J connectivity index is 4.85. The summed E-state index contributed by atoms with van der Waals surface area (Å²) in [6, 6.07) is 0. The number of Topliss-reactive ketones (excluding diaryl/α,β-unsaturated/α-hetero) is 2. The fourth-order valence-corrected chi connectivity index (χ4v) is 6.06. The molecule has 0 saturated carbocycles. The summed E-state index contributed by atoms with van der Waals surface area (Å²) in [7, 11) is 0. The molecule has 0 spiro atoms. The Bertz CT molecular complexity index is 600. The lowest BCUT2D eigenvalue weighted by molar-refractivity contribution is -0.143. The number of thioether (sulfide) groups is 1. The van der Waals surface area contributed by atoms with E-state index in [-0.39, 0.29) is 36.6 Å². The number of hydrogen-bond donors (Lipinski definition) is 2. The van der Waals surface area contributed by atoms with Crippen molar-refractivity contribution in [2.75, 3.05) is 5.75 Å². The lowest BCUT2D eigenvalue weighted by Gasteiger charge is -2.29. The fourth-order valence-electron chi connectivity index (χ4n) is 4.69. The van der Waals surface area contributed by atoms with Crippen LogP contribution in [-0.2, 0) is 19.2 Å². The molecule has 7 heteroatoms. The molecule has 0 atom stereocenters. The molecule has 0 unspecified atom stereocenters. The van der Waals surface area contributed by atoms with E-state index in [1.165, 1.54) is 64.2 Å². The standard InChI is InChI=1S/C30H54O6S/c1-3-5-7-9-11-13-15-17-19-21-26(31)30(25-29(35)36,37-24-23-28(33)34)27(32)22-20-18-16-14-12-10-8-6-4-2/h3-25H2,1-2H3,(H,33,34)(H,35,36). The summed E-state index contributed by atoms with van der Waals surface area (Å²) in [6.07, 6.45) is 19.3. The third-order valence-corrected chi connectivity index (χ3v) is 8.48. The number of carbonyl (C=O) groups is 4. The first-order chi connectivity index (χ1) is 17.8. The smallest absolute Gasteiger partial charge is 0.305 e. The number of hydrogen-bond acceptors (Lipinski definition) is 5. The molecule has 0 rings (SSSR count). The molecule has 0 aliphatic heterocycles. The van der Waals surface area contributed by atoms with Crippen LogP contribution < -0.4 is 0 Å². The zero-order valence-corrected chi connectivity index (χ0v) is 24.5. The Hall–Kier alpha value is -1.37. The third-order valence-electron chi connectivity index (χ3n) is 6.98. The van der Waals surface area contributed by atoms with Crippen LogP contribution in [0.25, 0.3) is 0 Å². The van der Waals surface area contributed by atoms with Crippen LogP contribution in [0.5, 0.6) is 0 Å². The SMILES string of the molecule is CCCCCCCCCCCC(=O)C(CC(=O)O)(SCCC(=O)O)C(=O)CCCCCCCCCCC. The fraction of sp³-hybridized carbons (Fsp3) is 0.867. The predicted octanol–water partition coefficient (Wildman–Crippen LogP) is 8.39. The van der Waals surface area contributed by atoms with Crippen LogP contribution in [0.4, 0.5) is 0 Å². The minimum Gasteiger partial charge on any atom is -0.481 e. The molecule has 0 aromatic carbocycles. The van der Waals surface area contributed by atoms with Crippen molar-refractivity contribution in [1.29, 1.82) is 0 Å². The summed E-state index contributed by atoms with van der Waals surface area (Å²) in [6.45, 7) is 4.39. The molecule has 0 aliphatic rings. The van der Waals surface area contributed by atoms with Gasteiger partial charge in [0.05, 0.1) is 12.8 Å². The van der Waals surface area contributed by atoms with E-state index in [2.05, 4.69) is 13.8 Å². The molecule has 0 bridgehead atoms. The highest BCUT2D eigenvalue weighted by molar-refractivity contribution is 8.02. The third kappa shape index (κ3) is 18.5. The molecule has 0 heterocycles. The molecule has 0 saturated heterocycles. The Kier molecular flexibility index (Phi) is 22.8. The van der Waals surface area contributed by atoms with Gasteiger partial charge in [0.2, 0.25) is 0 Å². The average molecular weight is 543 g/mol. The molecule has 0 aromatic heterocycles. The largest absolute Gasteiger partial charge is 0.481 e. The van der Waals surface area contributed by atoms with Gasteiger partial charge in [-0.3, -0.25) is 19.2 Å². The van der Waals surface area contributed by atoms with Gasteiger partial charge in [0.15, 0.2) is 11.6 Å². The second-order valence-corrected chi connectivity index (χ2v) is 11.8. The number of rotatable bonds is 28. The molecular weight excluding hydrogens is 488 g/mol. The predicted molar refractivity (Wildman–Crippen MR) is 153 cm³/mol. The maximum atomic E-state index is 13.3. The first-order valence-corrected chi connectivity index (χ1v) is 15.9. The van der Waals surface area contributed by atoms with Gasteiger partial charge in [0, 0.05) is 18.6 Å². The number of unbranched alkanes of at least 4 members (excludes halogenated alkanes) is 16. The van der Waals surface area contributed by atoms with Crippen molar-refractivity contribution in [2.45, 2.75) is 160 Å². The highest BCUT2D eigenvalue weighted by atomic mass is 32.2. The molecular formula is C30H54O6S. The van der Waals surface area contributed by atoms with Gasteiger partial charge in [-0.25, -0.2) is 0 Å². The number of carboxylic acids is 2. The average Bonchev–Trinajstić information content (AvgIpc) is 2.85.